The minimum atomic E-state index is -1.10. The van der Waals surface area contributed by atoms with Gasteiger partial charge in [0.2, 0.25) is 0 Å². The molecule has 0 fully saturated rings. The first-order valence-electron chi connectivity index (χ1n) is 7.96. The largest absolute Gasteiger partial charge is 0.466 e. The van der Waals surface area contributed by atoms with Gasteiger partial charge in [-0.1, -0.05) is 12.1 Å². The van der Waals surface area contributed by atoms with Crippen molar-refractivity contribution in [1.29, 1.82) is 0 Å². The zero-order valence-electron chi connectivity index (χ0n) is 14.4. The Hall–Kier alpha value is -1.92. The second-order valence-electron chi connectivity index (χ2n) is 5.65. The third-order valence-electron chi connectivity index (χ3n) is 3.58. The quantitative estimate of drug-likeness (QED) is 0.408. The summed E-state index contributed by atoms with van der Waals surface area (Å²) < 4.78 is 5.29. The lowest BCUT2D eigenvalue weighted by Crippen LogP contribution is -2.44. The molecule has 3 N–H and O–H groups in total. The Labute approximate surface area is 147 Å². The molecule has 0 aliphatic rings. The van der Waals surface area contributed by atoms with E-state index in [1.54, 1.807) is 37.1 Å². The van der Waals surface area contributed by atoms with Gasteiger partial charge in [-0.15, -0.1) is 11.8 Å². The number of nitrogens with one attached hydrogen (secondary N) is 2. The zero-order valence-corrected chi connectivity index (χ0v) is 15.2. The molecule has 0 aliphatic carbocycles. The lowest BCUT2D eigenvalue weighted by atomic mass is 10.0. The molecule has 5 nitrogen and oxygen atoms in total. The molecule has 0 radical (unpaired) electrons. The molecule has 0 saturated carbocycles. The van der Waals surface area contributed by atoms with Gasteiger partial charge in [-0.2, -0.15) is 0 Å². The Kier molecular flexibility index (Phi) is 6.75. The zero-order chi connectivity index (χ0) is 17.4. The minimum absolute atomic E-state index is 0.303. The molecule has 0 saturated heterocycles. The summed E-state index contributed by atoms with van der Waals surface area (Å²) in [6.07, 6.45) is 3.62. The van der Waals surface area contributed by atoms with Crippen molar-refractivity contribution in [3.63, 3.8) is 0 Å². The van der Waals surface area contributed by atoms with Crippen molar-refractivity contribution in [3.8, 4) is 0 Å². The van der Waals surface area contributed by atoms with Gasteiger partial charge >= 0.3 is 0 Å². The average molecular weight is 347 g/mol. The van der Waals surface area contributed by atoms with Gasteiger partial charge in [0, 0.05) is 11.4 Å². The Morgan fingerprint density at radius 2 is 2.00 bits per heavy atom. The molecule has 1 aromatic carbocycles. The van der Waals surface area contributed by atoms with Crippen molar-refractivity contribution in [2.24, 2.45) is 4.99 Å². The van der Waals surface area contributed by atoms with Crippen LogP contribution in [0.25, 0.3) is 0 Å². The normalized spacial score (nSPS) is 14.2. The number of hydrogen-bond donors (Lipinski definition) is 3. The van der Waals surface area contributed by atoms with E-state index >= 15 is 0 Å². The molecule has 130 valence electrons. The van der Waals surface area contributed by atoms with E-state index in [1.165, 1.54) is 4.90 Å². The number of thioether (sulfide) groups is 1. The fraction of sp³-hybridized carbons (Fsp3) is 0.389. The number of benzene rings is 1. The van der Waals surface area contributed by atoms with Crippen LogP contribution in [0.15, 0.2) is 57.0 Å². The molecule has 1 atom stereocenters. The fourth-order valence-corrected chi connectivity index (χ4v) is 2.58. The maximum absolute atomic E-state index is 10.5. The first kappa shape index (κ1) is 18.4. The van der Waals surface area contributed by atoms with Crippen molar-refractivity contribution in [3.05, 3.63) is 54.0 Å². The molecule has 6 heteroatoms. The third-order valence-corrected chi connectivity index (χ3v) is 4.32. The van der Waals surface area contributed by atoms with Crippen LogP contribution in [-0.2, 0) is 12.1 Å². The summed E-state index contributed by atoms with van der Waals surface area (Å²) in [7, 11) is 0. The molecular weight excluding hydrogens is 322 g/mol. The molecular formula is C18H25N3O2S. The van der Waals surface area contributed by atoms with E-state index in [2.05, 4.69) is 46.1 Å². The third kappa shape index (κ3) is 5.32. The molecule has 0 spiro atoms. The highest BCUT2D eigenvalue weighted by molar-refractivity contribution is 7.98. The second kappa shape index (κ2) is 8.80. The van der Waals surface area contributed by atoms with Crippen LogP contribution in [0.4, 0.5) is 0 Å². The SMILES string of the molecule is CCNC(=NCc1ccc(SC)cc1)NCC(C)(O)c1ccco1. The van der Waals surface area contributed by atoms with E-state index in [-0.39, 0.29) is 0 Å². The fourth-order valence-electron chi connectivity index (χ4n) is 2.17. The van der Waals surface area contributed by atoms with Gasteiger partial charge in [0.25, 0.3) is 0 Å². The summed E-state index contributed by atoms with van der Waals surface area (Å²) in [5, 5.41) is 16.8. The van der Waals surface area contributed by atoms with E-state index in [9.17, 15) is 5.11 Å². The number of rotatable bonds is 7. The summed E-state index contributed by atoms with van der Waals surface area (Å²) in [4.78, 5) is 5.81. The molecule has 1 unspecified atom stereocenters. The Bertz CT molecular complexity index is 637. The number of furan rings is 1. The second-order valence-corrected chi connectivity index (χ2v) is 6.53. The maximum atomic E-state index is 10.5. The number of hydrogen-bond acceptors (Lipinski definition) is 4. The van der Waals surface area contributed by atoms with Crippen LogP contribution in [-0.4, -0.2) is 30.4 Å². The van der Waals surface area contributed by atoms with Gasteiger partial charge in [0.15, 0.2) is 5.96 Å². The van der Waals surface area contributed by atoms with Crippen molar-refractivity contribution >= 4 is 17.7 Å². The molecule has 0 aliphatic heterocycles. The van der Waals surface area contributed by atoms with Crippen LogP contribution < -0.4 is 10.6 Å². The van der Waals surface area contributed by atoms with Crippen LogP contribution in [0.2, 0.25) is 0 Å². The standard InChI is InChI=1S/C18H25N3O2S/c1-4-19-17(20-12-14-7-9-15(24-3)10-8-14)21-13-18(2,22)16-6-5-11-23-16/h5-11,22H,4,12-13H2,1-3H3,(H2,19,20,21). The summed E-state index contributed by atoms with van der Waals surface area (Å²) >= 11 is 1.72. The molecule has 2 rings (SSSR count). The van der Waals surface area contributed by atoms with Crippen LogP contribution in [0.5, 0.6) is 0 Å². The van der Waals surface area contributed by atoms with E-state index in [0.29, 0.717) is 24.8 Å². The van der Waals surface area contributed by atoms with E-state index < -0.39 is 5.60 Å². The summed E-state index contributed by atoms with van der Waals surface area (Å²) in [6, 6.07) is 11.9. The van der Waals surface area contributed by atoms with Gasteiger partial charge in [-0.25, -0.2) is 4.99 Å². The predicted octanol–water partition coefficient (Wildman–Crippen LogP) is 2.96. The smallest absolute Gasteiger partial charge is 0.191 e. The number of guanidine groups is 1. The van der Waals surface area contributed by atoms with Crippen LogP contribution in [0, 0.1) is 0 Å². The molecule has 0 amide bonds. The van der Waals surface area contributed by atoms with E-state index in [1.807, 2.05) is 6.92 Å². The van der Waals surface area contributed by atoms with Gasteiger partial charge < -0.3 is 20.2 Å². The van der Waals surface area contributed by atoms with Gasteiger partial charge in [-0.05, 0) is 49.9 Å². The molecule has 0 bridgehead atoms. The minimum Gasteiger partial charge on any atom is -0.466 e. The van der Waals surface area contributed by atoms with Crippen LogP contribution >= 0.6 is 11.8 Å². The monoisotopic (exact) mass is 347 g/mol. The molecule has 24 heavy (non-hydrogen) atoms. The van der Waals surface area contributed by atoms with Crippen LogP contribution in [0.3, 0.4) is 0 Å². The Balaban J connectivity index is 1.97. The summed E-state index contributed by atoms with van der Waals surface area (Å²) in [6.45, 7) is 5.35. The summed E-state index contributed by atoms with van der Waals surface area (Å²) in [5.74, 6) is 1.19. The first-order chi connectivity index (χ1) is 11.5. The Morgan fingerprint density at radius 1 is 1.25 bits per heavy atom. The van der Waals surface area contributed by atoms with Gasteiger partial charge in [-0.3, -0.25) is 0 Å². The van der Waals surface area contributed by atoms with E-state index in [0.717, 1.165) is 12.1 Å². The van der Waals surface area contributed by atoms with Crippen LogP contribution in [0.1, 0.15) is 25.2 Å². The van der Waals surface area contributed by atoms with Crippen molar-refractivity contribution in [2.45, 2.75) is 30.9 Å². The molecule has 1 aromatic heterocycles. The number of aliphatic imine (C=N–C) groups is 1. The molecule has 2 aromatic rings. The first-order valence-corrected chi connectivity index (χ1v) is 9.19. The van der Waals surface area contributed by atoms with E-state index in [4.69, 9.17) is 4.42 Å². The van der Waals surface area contributed by atoms with Crippen molar-refractivity contribution in [2.75, 3.05) is 19.3 Å². The summed E-state index contributed by atoms with van der Waals surface area (Å²) in [5.41, 5.74) is 0.0439. The maximum Gasteiger partial charge on any atom is 0.191 e. The average Bonchev–Trinajstić information content (AvgIpc) is 3.13. The topological polar surface area (TPSA) is 69.8 Å². The van der Waals surface area contributed by atoms with Crippen molar-refractivity contribution < 1.29 is 9.52 Å². The number of aliphatic hydroxyl groups is 1. The highest BCUT2D eigenvalue weighted by Gasteiger charge is 2.26. The predicted molar refractivity (Wildman–Crippen MR) is 99.3 cm³/mol. The number of nitrogens with zero attached hydrogens (tertiary/aromatic N) is 1. The van der Waals surface area contributed by atoms with Gasteiger partial charge in [0.05, 0.1) is 19.4 Å². The Morgan fingerprint density at radius 3 is 2.58 bits per heavy atom. The lowest BCUT2D eigenvalue weighted by molar-refractivity contribution is 0.0386. The molecule has 1 heterocycles. The lowest BCUT2D eigenvalue weighted by Gasteiger charge is -2.22. The highest BCUT2D eigenvalue weighted by atomic mass is 32.2. The van der Waals surface area contributed by atoms with Gasteiger partial charge in [0.1, 0.15) is 11.4 Å². The highest BCUT2D eigenvalue weighted by Crippen LogP contribution is 2.19. The van der Waals surface area contributed by atoms with Crippen molar-refractivity contribution in [1.82, 2.24) is 10.6 Å².